The third-order valence-corrected chi connectivity index (χ3v) is 7.90. The normalized spacial score (nSPS) is 18.2. The minimum Gasteiger partial charge on any atom is -0.384 e. The number of ether oxygens (including phenoxy) is 1. The molecule has 46 heavy (non-hydrogen) atoms. The van der Waals surface area contributed by atoms with E-state index in [1.165, 1.54) is 6.08 Å². The quantitative estimate of drug-likeness (QED) is 0.330. The van der Waals surface area contributed by atoms with E-state index in [2.05, 4.69) is 25.3 Å². The summed E-state index contributed by atoms with van der Waals surface area (Å²) >= 11 is 0. The molecule has 1 atom stereocenters. The molecule has 2 amide bonds. The van der Waals surface area contributed by atoms with E-state index in [4.69, 9.17) is 10.5 Å². The van der Waals surface area contributed by atoms with Gasteiger partial charge in [-0.15, -0.1) is 5.10 Å². The minimum absolute atomic E-state index is 0.0604. The molecule has 0 unspecified atom stereocenters. The molecule has 2 aliphatic rings. The number of hydrogen-bond donors (Lipinski definition) is 2. The lowest BCUT2D eigenvalue weighted by atomic mass is 10.1. The van der Waals surface area contributed by atoms with Gasteiger partial charge in [-0.05, 0) is 38.7 Å². The predicted octanol–water partition coefficient (Wildman–Crippen LogP) is 1.50. The van der Waals surface area contributed by atoms with Gasteiger partial charge in [0.2, 0.25) is 11.8 Å². The molecule has 2 aliphatic heterocycles. The van der Waals surface area contributed by atoms with E-state index in [1.54, 1.807) is 21.7 Å². The number of amides is 2. The van der Waals surface area contributed by atoms with Gasteiger partial charge in [-0.25, -0.2) is 14.5 Å². The van der Waals surface area contributed by atoms with E-state index in [9.17, 15) is 22.8 Å². The Bertz CT molecular complexity index is 1580. The number of rotatable bonds is 9. The Morgan fingerprint density at radius 1 is 1.17 bits per heavy atom. The van der Waals surface area contributed by atoms with Crippen LogP contribution in [-0.2, 0) is 27.0 Å². The fourth-order valence-corrected chi connectivity index (χ4v) is 5.49. The number of pyridine rings is 1. The Morgan fingerprint density at radius 2 is 1.93 bits per heavy atom. The number of nitrogens with one attached hydrogen (secondary N) is 1. The predicted molar refractivity (Wildman–Crippen MR) is 166 cm³/mol. The van der Waals surface area contributed by atoms with Gasteiger partial charge in [-0.2, -0.15) is 13.2 Å². The van der Waals surface area contributed by atoms with Crippen molar-refractivity contribution in [2.45, 2.75) is 25.7 Å². The summed E-state index contributed by atoms with van der Waals surface area (Å²) in [6, 6.07) is 2.68. The number of likely N-dealkylation sites (N-methyl/N-ethyl adjacent to an activating group) is 1. The van der Waals surface area contributed by atoms with Gasteiger partial charge in [-0.3, -0.25) is 14.5 Å². The van der Waals surface area contributed by atoms with Crippen LogP contribution in [0.5, 0.6) is 0 Å². The highest BCUT2D eigenvalue weighted by molar-refractivity contribution is 5.91. The molecule has 5 heterocycles. The zero-order chi connectivity index (χ0) is 33.0. The van der Waals surface area contributed by atoms with Crippen molar-refractivity contribution in [3.63, 3.8) is 0 Å². The molecule has 0 bridgehead atoms. The summed E-state index contributed by atoms with van der Waals surface area (Å²) in [5, 5.41) is 7.13. The maximum Gasteiger partial charge on any atom is 0.417 e. The number of nitrogen functional groups attached to an aromatic ring is 1. The number of alkyl halides is 3. The molecule has 2 saturated heterocycles. The van der Waals surface area contributed by atoms with Crippen molar-refractivity contribution in [1.29, 1.82) is 0 Å². The van der Waals surface area contributed by atoms with Gasteiger partial charge in [0, 0.05) is 64.3 Å². The fourth-order valence-electron chi connectivity index (χ4n) is 5.49. The van der Waals surface area contributed by atoms with Crippen molar-refractivity contribution in [3.8, 4) is 11.4 Å². The number of morpholine rings is 1. The molecule has 0 aromatic carbocycles. The van der Waals surface area contributed by atoms with E-state index in [0.29, 0.717) is 70.4 Å². The Labute approximate surface area is 264 Å². The molecule has 5 rings (SSSR count). The molecule has 3 N–H and O–H groups in total. The summed E-state index contributed by atoms with van der Waals surface area (Å²) in [5.74, 6) is -0.316. The number of nitrogens with two attached hydrogens (primary N) is 1. The standard InChI is InChI=1S/C30H39F3N10O3/c1-20-19-46-12-11-42(20)29-24-13-21(18-43(24)38-28(37-29)22-15-35-25(34)14-23(22)30(31,32)33)17-40-7-9-41(10-8-40)27(45)16-36-26(44)5-4-6-39(2)3/h4-5,13-15,18,20H,6-12,16-17,19H2,1-3H3,(H2,34,35)(H,36,44)/b5-4+/t20-/m0/s1. The Kier molecular flexibility index (Phi) is 10.1. The Balaban J connectivity index is 1.32. The van der Waals surface area contributed by atoms with Gasteiger partial charge >= 0.3 is 6.18 Å². The maximum atomic E-state index is 14.0. The second-order valence-electron chi connectivity index (χ2n) is 11.7. The van der Waals surface area contributed by atoms with Gasteiger partial charge in [0.1, 0.15) is 11.3 Å². The molecule has 0 saturated carbocycles. The number of halogens is 3. The molecular weight excluding hydrogens is 605 g/mol. The zero-order valence-electron chi connectivity index (χ0n) is 26.1. The number of piperazine rings is 1. The van der Waals surface area contributed by atoms with E-state index >= 15 is 0 Å². The number of fused-ring (bicyclic) bond motifs is 1. The lowest BCUT2D eigenvalue weighted by molar-refractivity contribution is -0.137. The number of anilines is 2. The third kappa shape index (κ3) is 7.92. The number of carbonyl (C=O) groups excluding carboxylic acids is 2. The van der Waals surface area contributed by atoms with E-state index in [-0.39, 0.29) is 41.6 Å². The number of carbonyl (C=O) groups is 2. The molecule has 3 aromatic rings. The number of aromatic nitrogens is 4. The van der Waals surface area contributed by atoms with Crippen LogP contribution >= 0.6 is 0 Å². The van der Waals surface area contributed by atoms with Crippen LogP contribution in [0.25, 0.3) is 16.9 Å². The van der Waals surface area contributed by atoms with E-state index in [0.717, 1.165) is 17.8 Å². The summed E-state index contributed by atoms with van der Waals surface area (Å²) < 4.78 is 49.2. The van der Waals surface area contributed by atoms with E-state index < -0.39 is 11.7 Å². The molecule has 16 heteroatoms. The van der Waals surface area contributed by atoms with Crippen LogP contribution in [-0.4, -0.2) is 125 Å². The third-order valence-electron chi connectivity index (χ3n) is 7.90. The van der Waals surface area contributed by atoms with Gasteiger partial charge in [0.25, 0.3) is 0 Å². The molecule has 2 fully saturated rings. The van der Waals surface area contributed by atoms with Crippen molar-refractivity contribution in [1.82, 2.24) is 39.6 Å². The summed E-state index contributed by atoms with van der Waals surface area (Å²) in [5.41, 5.74) is 5.94. The molecule has 3 aromatic heterocycles. The van der Waals surface area contributed by atoms with Crippen LogP contribution in [0, 0.1) is 0 Å². The lowest BCUT2D eigenvalue weighted by Crippen LogP contribution is -2.50. The van der Waals surface area contributed by atoms with Crippen LogP contribution in [0.1, 0.15) is 18.1 Å². The number of nitrogens with zero attached hydrogens (tertiary/aromatic N) is 8. The zero-order valence-corrected chi connectivity index (χ0v) is 26.1. The summed E-state index contributed by atoms with van der Waals surface area (Å²) in [7, 11) is 3.79. The van der Waals surface area contributed by atoms with Crippen LogP contribution in [0.2, 0.25) is 0 Å². The Morgan fingerprint density at radius 3 is 2.63 bits per heavy atom. The first-order chi connectivity index (χ1) is 21.9. The van der Waals surface area contributed by atoms with Gasteiger partial charge < -0.3 is 30.5 Å². The first-order valence-corrected chi connectivity index (χ1v) is 15.0. The first kappa shape index (κ1) is 33.1. The molecule has 248 valence electrons. The highest BCUT2D eigenvalue weighted by Crippen LogP contribution is 2.37. The maximum absolute atomic E-state index is 14.0. The summed E-state index contributed by atoms with van der Waals surface area (Å²) in [4.78, 5) is 41.1. The highest BCUT2D eigenvalue weighted by Gasteiger charge is 2.36. The van der Waals surface area contributed by atoms with Crippen LogP contribution in [0.3, 0.4) is 0 Å². The van der Waals surface area contributed by atoms with Crippen LogP contribution < -0.4 is 16.0 Å². The largest absolute Gasteiger partial charge is 0.417 e. The average molecular weight is 645 g/mol. The van der Waals surface area contributed by atoms with Crippen molar-refractivity contribution in [3.05, 3.63) is 47.8 Å². The van der Waals surface area contributed by atoms with Crippen LogP contribution in [0.4, 0.5) is 24.8 Å². The SMILES string of the molecule is C[C@H]1COCCN1c1nc(-c2cnc(N)cc2C(F)(F)F)nn2cc(CN3CCN(C(=O)CNC(=O)/C=C/CN(C)C)CC3)cc12. The monoisotopic (exact) mass is 644 g/mol. The topological polar surface area (TPSA) is 137 Å². The summed E-state index contributed by atoms with van der Waals surface area (Å²) in [6.07, 6.45) is 1.33. The second kappa shape index (κ2) is 14.0. The first-order valence-electron chi connectivity index (χ1n) is 15.0. The van der Waals surface area contributed by atoms with E-state index in [1.807, 2.05) is 36.9 Å². The van der Waals surface area contributed by atoms with Gasteiger partial charge in [0.15, 0.2) is 11.6 Å². The minimum atomic E-state index is -4.68. The second-order valence-corrected chi connectivity index (χ2v) is 11.7. The smallest absolute Gasteiger partial charge is 0.384 e. The fraction of sp³-hybridized carbons (Fsp3) is 0.500. The van der Waals surface area contributed by atoms with Crippen molar-refractivity contribution < 1.29 is 27.5 Å². The molecular formula is C30H39F3N10O3. The molecule has 13 nitrogen and oxygen atoms in total. The summed E-state index contributed by atoms with van der Waals surface area (Å²) in [6.45, 7) is 6.74. The lowest BCUT2D eigenvalue weighted by Gasteiger charge is -2.34. The van der Waals surface area contributed by atoms with Crippen molar-refractivity contribution in [2.24, 2.45) is 0 Å². The van der Waals surface area contributed by atoms with Gasteiger partial charge in [-0.1, -0.05) is 6.08 Å². The van der Waals surface area contributed by atoms with Gasteiger partial charge in [0.05, 0.1) is 36.9 Å². The Hall–Kier alpha value is -4.28. The van der Waals surface area contributed by atoms with Crippen molar-refractivity contribution in [2.75, 3.05) is 83.8 Å². The highest BCUT2D eigenvalue weighted by atomic mass is 19.4. The van der Waals surface area contributed by atoms with Crippen LogP contribution in [0.15, 0.2) is 36.7 Å². The molecule has 0 radical (unpaired) electrons. The molecule has 0 aliphatic carbocycles. The molecule has 0 spiro atoms. The van der Waals surface area contributed by atoms with Crippen molar-refractivity contribution >= 4 is 29.0 Å². The number of hydrogen-bond acceptors (Lipinski definition) is 10. The average Bonchev–Trinajstić information content (AvgIpc) is 3.42.